The van der Waals surface area contributed by atoms with Crippen molar-refractivity contribution in [2.24, 2.45) is 29.4 Å². The van der Waals surface area contributed by atoms with Crippen molar-refractivity contribution in [1.29, 1.82) is 0 Å². The van der Waals surface area contributed by atoms with Crippen molar-refractivity contribution in [3.05, 3.63) is 28.3 Å². The average molecular weight is 472 g/mol. The van der Waals surface area contributed by atoms with E-state index in [1.54, 1.807) is 14.1 Å². The van der Waals surface area contributed by atoms with E-state index >= 15 is 0 Å². The van der Waals surface area contributed by atoms with E-state index in [0.717, 1.165) is 0 Å². The molecule has 0 aromatic heterocycles. The lowest BCUT2D eigenvalue weighted by Gasteiger charge is -2.54. The van der Waals surface area contributed by atoms with Gasteiger partial charge >= 0.3 is 0 Å². The average Bonchev–Trinajstić information content (AvgIpc) is 2.72. The van der Waals surface area contributed by atoms with Crippen molar-refractivity contribution >= 4 is 29.0 Å². The number of Topliss-reactive ketones (excluding diaryl/α,β-unsaturated/α-hetero) is 4. The molecule has 3 aliphatic rings. The van der Waals surface area contributed by atoms with Gasteiger partial charge < -0.3 is 26.0 Å². The molecular weight excluding hydrogens is 444 g/mol. The Labute approximate surface area is 195 Å². The molecule has 3 unspecified atom stereocenters. The van der Waals surface area contributed by atoms with Gasteiger partial charge in [0.15, 0.2) is 28.7 Å². The van der Waals surface area contributed by atoms with Gasteiger partial charge in [0.05, 0.1) is 17.6 Å². The van der Waals surface area contributed by atoms with Crippen LogP contribution in [0.15, 0.2) is 6.07 Å². The predicted octanol–water partition coefficient (Wildman–Crippen LogP) is -0.830. The first kappa shape index (κ1) is 24.2. The number of aromatic hydroxyl groups is 1. The standard InChI is InChI=1S/C24H28N2O8/c1-8-5-11(9(2)27)12-6-10-7-13-17(26(3)4)20(30)16(23(25)33)22(32)24(13,34)21(31)14(10)19(29)15(12)18(8)28/h5,10,13-14,16-17,20,28,30,34H,6-7H2,1-4H3,(H2,25,33)/t10-,13-,14?,16?,17-,20?,24-/m1/s1. The predicted molar refractivity (Wildman–Crippen MR) is 117 cm³/mol. The number of benzene rings is 1. The molecule has 5 N–H and O–H groups in total. The quantitative estimate of drug-likeness (QED) is 0.323. The minimum absolute atomic E-state index is 0.00119. The zero-order valence-corrected chi connectivity index (χ0v) is 19.4. The smallest absolute Gasteiger partial charge is 0.230 e. The third kappa shape index (κ3) is 3.02. The number of phenolic OH excluding ortho intramolecular Hbond substituents is 1. The first-order valence-corrected chi connectivity index (χ1v) is 11.1. The summed E-state index contributed by atoms with van der Waals surface area (Å²) in [6.45, 7) is 2.87. The van der Waals surface area contributed by atoms with Crippen LogP contribution in [0.4, 0.5) is 0 Å². The van der Waals surface area contributed by atoms with E-state index in [1.807, 2.05) is 0 Å². The van der Waals surface area contributed by atoms with Crippen molar-refractivity contribution in [3.8, 4) is 5.75 Å². The molecule has 4 rings (SSSR count). The highest BCUT2D eigenvalue weighted by Gasteiger charge is 2.69. The van der Waals surface area contributed by atoms with Crippen molar-refractivity contribution in [2.75, 3.05) is 14.1 Å². The number of phenols is 1. The fourth-order valence-electron chi connectivity index (χ4n) is 6.34. The molecule has 1 amide bonds. The summed E-state index contributed by atoms with van der Waals surface area (Å²) in [6, 6.07) is 0.527. The Morgan fingerprint density at radius 1 is 1.18 bits per heavy atom. The number of amides is 1. The normalized spacial score (nSPS) is 35.0. The van der Waals surface area contributed by atoms with Gasteiger partial charge in [-0.1, -0.05) is 0 Å². The van der Waals surface area contributed by atoms with Crippen LogP contribution in [-0.2, 0) is 20.8 Å². The Bertz CT molecular complexity index is 1160. The summed E-state index contributed by atoms with van der Waals surface area (Å²) in [6.07, 6.45) is -1.46. The third-order valence-electron chi connectivity index (χ3n) is 7.86. The molecule has 34 heavy (non-hydrogen) atoms. The fraction of sp³-hybridized carbons (Fsp3) is 0.542. The Morgan fingerprint density at radius 3 is 2.32 bits per heavy atom. The van der Waals surface area contributed by atoms with Crippen molar-refractivity contribution in [1.82, 2.24) is 4.90 Å². The van der Waals surface area contributed by atoms with Crippen LogP contribution in [0.25, 0.3) is 0 Å². The topological polar surface area (TPSA) is 175 Å². The van der Waals surface area contributed by atoms with Gasteiger partial charge in [0.1, 0.15) is 11.7 Å². The highest BCUT2D eigenvalue weighted by atomic mass is 16.3. The molecule has 2 saturated carbocycles. The minimum atomic E-state index is -2.70. The summed E-state index contributed by atoms with van der Waals surface area (Å²) >= 11 is 0. The molecule has 10 heteroatoms. The second-order valence-electron chi connectivity index (χ2n) is 9.97. The minimum Gasteiger partial charge on any atom is -0.507 e. The van der Waals surface area contributed by atoms with E-state index in [0.29, 0.717) is 5.56 Å². The van der Waals surface area contributed by atoms with Crippen LogP contribution < -0.4 is 5.73 Å². The van der Waals surface area contributed by atoms with Crippen molar-refractivity contribution in [3.63, 3.8) is 0 Å². The number of likely N-dealkylation sites (N-methyl/N-ethyl adjacent to an activating group) is 1. The van der Waals surface area contributed by atoms with E-state index in [1.165, 1.54) is 24.8 Å². The molecule has 0 spiro atoms. The number of aliphatic hydroxyl groups excluding tert-OH is 1. The van der Waals surface area contributed by atoms with Crippen molar-refractivity contribution in [2.45, 2.75) is 44.4 Å². The van der Waals surface area contributed by atoms with Gasteiger partial charge in [-0.15, -0.1) is 0 Å². The fourth-order valence-corrected chi connectivity index (χ4v) is 6.34. The first-order valence-electron chi connectivity index (χ1n) is 11.1. The Kier molecular flexibility index (Phi) is 5.54. The summed E-state index contributed by atoms with van der Waals surface area (Å²) in [7, 11) is 3.16. The van der Waals surface area contributed by atoms with E-state index in [9.17, 15) is 39.3 Å². The van der Waals surface area contributed by atoms with Crippen LogP contribution in [0.2, 0.25) is 0 Å². The maximum atomic E-state index is 13.7. The molecule has 7 atom stereocenters. The molecule has 0 aliphatic heterocycles. The van der Waals surface area contributed by atoms with Gasteiger partial charge in [-0.25, -0.2) is 0 Å². The number of aryl methyl sites for hydroxylation is 1. The largest absolute Gasteiger partial charge is 0.507 e. The van der Waals surface area contributed by atoms with Crippen LogP contribution >= 0.6 is 0 Å². The number of fused-ring (bicyclic) bond motifs is 3. The van der Waals surface area contributed by atoms with E-state index in [2.05, 4.69) is 0 Å². The Morgan fingerprint density at radius 2 is 1.79 bits per heavy atom. The number of nitrogens with two attached hydrogens (primary N) is 1. The molecule has 1 aromatic carbocycles. The molecule has 0 saturated heterocycles. The number of carbonyl (C=O) groups is 5. The highest BCUT2D eigenvalue weighted by molar-refractivity contribution is 6.26. The third-order valence-corrected chi connectivity index (χ3v) is 7.86. The maximum absolute atomic E-state index is 13.7. The lowest BCUT2D eigenvalue weighted by Crippen LogP contribution is -2.75. The van der Waals surface area contributed by atoms with E-state index < -0.39 is 64.7 Å². The number of aliphatic hydroxyl groups is 2. The van der Waals surface area contributed by atoms with Gasteiger partial charge in [-0.3, -0.25) is 24.0 Å². The van der Waals surface area contributed by atoms with E-state index in [-0.39, 0.29) is 41.1 Å². The van der Waals surface area contributed by atoms with Gasteiger partial charge in [-0.2, -0.15) is 0 Å². The molecule has 3 aliphatic carbocycles. The molecule has 0 bridgehead atoms. The van der Waals surface area contributed by atoms with Gasteiger partial charge in [0.25, 0.3) is 0 Å². The van der Waals surface area contributed by atoms with Crippen LogP contribution in [0.3, 0.4) is 0 Å². The van der Waals surface area contributed by atoms with Crippen LogP contribution in [-0.4, -0.2) is 81.1 Å². The molecule has 1 aromatic rings. The summed E-state index contributed by atoms with van der Waals surface area (Å²) in [5.74, 6) is -9.93. The SMILES string of the molecule is CC(=O)c1cc(C)c(O)c2c1C[C@@H]1C[C@@H]3[C@@H](N(C)C)C(O)C(C(N)=O)C(=O)[C@]3(O)C(=O)C1C2=O. The number of primary amides is 1. The second kappa shape index (κ2) is 7.79. The number of carbonyl (C=O) groups excluding carboxylic acids is 5. The number of ketones is 4. The molecule has 0 heterocycles. The van der Waals surface area contributed by atoms with E-state index in [4.69, 9.17) is 5.73 Å². The summed E-state index contributed by atoms with van der Waals surface area (Å²) < 4.78 is 0. The molecular formula is C24H28N2O8. The van der Waals surface area contributed by atoms with Crippen molar-refractivity contribution < 1.29 is 39.3 Å². The number of rotatable bonds is 3. The molecule has 2 fully saturated rings. The monoisotopic (exact) mass is 472 g/mol. The van der Waals surface area contributed by atoms with Gasteiger partial charge in [-0.05, 0) is 63.9 Å². The molecule has 0 radical (unpaired) electrons. The zero-order chi connectivity index (χ0) is 25.4. The van der Waals surface area contributed by atoms with Crippen LogP contribution in [0.5, 0.6) is 5.75 Å². The second-order valence-corrected chi connectivity index (χ2v) is 9.97. The summed E-state index contributed by atoms with van der Waals surface area (Å²) in [5, 5.41) is 33.0. The highest BCUT2D eigenvalue weighted by Crippen LogP contribution is 2.52. The lowest BCUT2D eigenvalue weighted by atomic mass is 9.52. The van der Waals surface area contributed by atoms with Gasteiger partial charge in [0, 0.05) is 17.5 Å². The Hall–Kier alpha value is -2.95. The summed E-state index contributed by atoms with van der Waals surface area (Å²) in [4.78, 5) is 66.4. The van der Waals surface area contributed by atoms with Crippen LogP contribution in [0.1, 0.15) is 45.2 Å². The number of hydrogen-bond donors (Lipinski definition) is 4. The zero-order valence-electron chi connectivity index (χ0n) is 19.4. The maximum Gasteiger partial charge on any atom is 0.230 e. The first-order chi connectivity index (χ1) is 15.7. The molecule has 182 valence electrons. The number of nitrogens with zero attached hydrogens (tertiary/aromatic N) is 1. The summed E-state index contributed by atoms with van der Waals surface area (Å²) in [5.41, 5.74) is 3.38. The van der Waals surface area contributed by atoms with Gasteiger partial charge in [0.2, 0.25) is 5.91 Å². The van der Waals surface area contributed by atoms with Crippen LogP contribution in [0, 0.1) is 30.6 Å². The lowest BCUT2D eigenvalue weighted by molar-refractivity contribution is -0.190. The molecule has 10 nitrogen and oxygen atoms in total. The Balaban J connectivity index is 1.91. The number of hydrogen-bond acceptors (Lipinski definition) is 9.